The molecule has 0 radical (unpaired) electrons. The van der Waals surface area contributed by atoms with Gasteiger partial charge in [-0.25, -0.2) is 0 Å². The van der Waals surface area contributed by atoms with Crippen LogP contribution in [0.3, 0.4) is 0 Å². The molecule has 26 heavy (non-hydrogen) atoms. The van der Waals surface area contributed by atoms with Crippen LogP contribution in [0.4, 0.5) is 0 Å². The number of carbonyl (C=O) groups excluding carboxylic acids is 1. The molecule has 5 nitrogen and oxygen atoms in total. The minimum Gasteiger partial charge on any atom is -0.352 e. The first-order valence-corrected chi connectivity index (χ1v) is 9.02. The average molecular weight is 472 g/mol. The van der Waals surface area contributed by atoms with E-state index in [2.05, 4.69) is 34.2 Å². The molecule has 6 heteroatoms. The van der Waals surface area contributed by atoms with Crippen molar-refractivity contribution in [2.45, 2.75) is 39.2 Å². The van der Waals surface area contributed by atoms with E-state index in [9.17, 15) is 4.79 Å². The second kappa shape index (κ2) is 14.6. The number of rotatable bonds is 10. The minimum absolute atomic E-state index is 0. The lowest BCUT2D eigenvalue weighted by molar-refractivity contribution is 0.0956. The maximum absolute atomic E-state index is 11.8. The number of benzene rings is 1. The number of guanidine groups is 1. The van der Waals surface area contributed by atoms with E-state index in [0.29, 0.717) is 18.7 Å². The molecule has 0 fully saturated rings. The van der Waals surface area contributed by atoms with E-state index in [-0.39, 0.29) is 29.9 Å². The summed E-state index contributed by atoms with van der Waals surface area (Å²) in [4.78, 5) is 18.3. The van der Waals surface area contributed by atoms with Crippen molar-refractivity contribution in [3.05, 3.63) is 48.0 Å². The topological polar surface area (TPSA) is 56.7 Å². The van der Waals surface area contributed by atoms with Gasteiger partial charge >= 0.3 is 0 Å². The lowest BCUT2D eigenvalue weighted by Gasteiger charge is -2.22. The van der Waals surface area contributed by atoms with Crippen molar-refractivity contribution in [1.82, 2.24) is 15.5 Å². The normalized spacial score (nSPS) is 10.7. The van der Waals surface area contributed by atoms with Crippen LogP contribution in [-0.2, 0) is 6.54 Å². The quantitative estimate of drug-likeness (QED) is 0.179. The Morgan fingerprint density at radius 3 is 2.46 bits per heavy atom. The molecule has 1 rings (SSSR count). The van der Waals surface area contributed by atoms with Crippen LogP contribution in [-0.4, -0.2) is 44.0 Å². The van der Waals surface area contributed by atoms with Crippen molar-refractivity contribution in [2.24, 2.45) is 4.99 Å². The standard InChI is InChI=1S/C20H32N4O.HI/c1-5-7-8-9-10-15-24(4)20(21-3)23-16-17-11-13-18(14-12-17)19(25)22-6-2;/h5,11-14H,1,6-10,15-16H2,2-4H3,(H,21,23)(H,22,25);1H. The molecule has 0 saturated heterocycles. The monoisotopic (exact) mass is 472 g/mol. The summed E-state index contributed by atoms with van der Waals surface area (Å²) in [6, 6.07) is 7.66. The second-order valence-corrected chi connectivity index (χ2v) is 6.02. The summed E-state index contributed by atoms with van der Waals surface area (Å²) in [6.07, 6.45) is 6.60. The molecule has 1 aromatic carbocycles. The molecule has 0 saturated carbocycles. The molecular weight excluding hydrogens is 439 g/mol. The molecule has 0 bridgehead atoms. The second-order valence-electron chi connectivity index (χ2n) is 6.02. The third kappa shape index (κ3) is 9.22. The molecule has 0 aliphatic rings. The van der Waals surface area contributed by atoms with E-state index in [0.717, 1.165) is 30.9 Å². The molecule has 1 aromatic rings. The first kappa shape index (κ1) is 24.4. The van der Waals surface area contributed by atoms with Crippen LogP contribution in [0.5, 0.6) is 0 Å². The van der Waals surface area contributed by atoms with E-state index >= 15 is 0 Å². The number of nitrogens with one attached hydrogen (secondary N) is 2. The molecule has 1 amide bonds. The van der Waals surface area contributed by atoms with E-state index < -0.39 is 0 Å². The van der Waals surface area contributed by atoms with E-state index in [4.69, 9.17) is 0 Å². The van der Waals surface area contributed by atoms with Crippen LogP contribution < -0.4 is 10.6 Å². The maximum Gasteiger partial charge on any atom is 0.251 e. The predicted molar refractivity (Wildman–Crippen MR) is 121 cm³/mol. The molecule has 146 valence electrons. The van der Waals surface area contributed by atoms with E-state index in [1.807, 2.05) is 37.3 Å². The van der Waals surface area contributed by atoms with E-state index in [1.165, 1.54) is 12.8 Å². The molecule has 0 unspecified atom stereocenters. The summed E-state index contributed by atoms with van der Waals surface area (Å²) >= 11 is 0. The van der Waals surface area contributed by atoms with Crippen molar-refractivity contribution < 1.29 is 4.79 Å². The highest BCUT2D eigenvalue weighted by atomic mass is 127. The zero-order chi connectivity index (χ0) is 18.5. The van der Waals surface area contributed by atoms with Gasteiger partial charge in [0.2, 0.25) is 0 Å². The first-order chi connectivity index (χ1) is 12.1. The fraction of sp³-hybridized carbons (Fsp3) is 0.500. The largest absolute Gasteiger partial charge is 0.352 e. The van der Waals surface area contributed by atoms with Gasteiger partial charge in [0.15, 0.2) is 5.96 Å². The van der Waals surface area contributed by atoms with Gasteiger partial charge in [-0.2, -0.15) is 0 Å². The van der Waals surface area contributed by atoms with Crippen molar-refractivity contribution in [2.75, 3.05) is 27.2 Å². The van der Waals surface area contributed by atoms with Gasteiger partial charge in [0, 0.05) is 39.3 Å². The van der Waals surface area contributed by atoms with Gasteiger partial charge in [-0.15, -0.1) is 30.6 Å². The highest BCUT2D eigenvalue weighted by Gasteiger charge is 2.06. The highest BCUT2D eigenvalue weighted by Crippen LogP contribution is 2.05. The highest BCUT2D eigenvalue weighted by molar-refractivity contribution is 14.0. The SMILES string of the molecule is C=CCCCCCN(C)C(=NC)NCc1ccc(C(=O)NCC)cc1.I. The molecule has 0 aliphatic carbocycles. The summed E-state index contributed by atoms with van der Waals surface area (Å²) in [5.74, 6) is 0.852. The molecule has 0 heterocycles. The number of amides is 1. The van der Waals surface area contributed by atoms with Gasteiger partial charge in [0.05, 0.1) is 0 Å². The Balaban J connectivity index is 0.00000625. The summed E-state index contributed by atoms with van der Waals surface area (Å²) in [5, 5.41) is 6.17. The van der Waals surface area contributed by atoms with Crippen molar-refractivity contribution in [3.8, 4) is 0 Å². The molecular formula is C20H33IN4O. The summed E-state index contributed by atoms with van der Waals surface area (Å²) in [6.45, 7) is 7.97. The number of allylic oxidation sites excluding steroid dienone is 1. The van der Waals surface area contributed by atoms with Crippen molar-refractivity contribution >= 4 is 35.8 Å². The lowest BCUT2D eigenvalue weighted by Crippen LogP contribution is -2.39. The van der Waals surface area contributed by atoms with Gasteiger partial charge < -0.3 is 15.5 Å². The first-order valence-electron chi connectivity index (χ1n) is 9.02. The molecule has 0 spiro atoms. The van der Waals surface area contributed by atoms with Crippen LogP contribution in [0.25, 0.3) is 0 Å². The van der Waals surface area contributed by atoms with Crippen LogP contribution in [0, 0.1) is 0 Å². The summed E-state index contributed by atoms with van der Waals surface area (Å²) in [7, 11) is 3.86. The third-order valence-corrected chi connectivity index (χ3v) is 3.98. The Bertz CT molecular complexity index is 557. The van der Waals surface area contributed by atoms with Gasteiger partial charge in [0.25, 0.3) is 5.91 Å². The smallest absolute Gasteiger partial charge is 0.251 e. The van der Waals surface area contributed by atoms with Gasteiger partial charge in [-0.05, 0) is 43.9 Å². The Labute approximate surface area is 175 Å². The van der Waals surface area contributed by atoms with Crippen LogP contribution >= 0.6 is 24.0 Å². The lowest BCUT2D eigenvalue weighted by atomic mass is 10.1. The molecule has 2 N–H and O–H groups in total. The van der Waals surface area contributed by atoms with Crippen LogP contribution in [0.15, 0.2) is 41.9 Å². The Morgan fingerprint density at radius 2 is 1.88 bits per heavy atom. The number of unbranched alkanes of at least 4 members (excludes halogenated alkanes) is 3. The average Bonchev–Trinajstić information content (AvgIpc) is 2.62. The number of hydrogen-bond donors (Lipinski definition) is 2. The van der Waals surface area contributed by atoms with Crippen LogP contribution in [0.2, 0.25) is 0 Å². The van der Waals surface area contributed by atoms with Crippen molar-refractivity contribution in [1.29, 1.82) is 0 Å². The number of carbonyl (C=O) groups is 1. The van der Waals surface area contributed by atoms with Gasteiger partial charge in [0.1, 0.15) is 0 Å². The fourth-order valence-electron chi connectivity index (χ4n) is 2.52. The maximum atomic E-state index is 11.8. The molecule has 0 aliphatic heterocycles. The zero-order valence-corrected chi connectivity index (χ0v) is 18.6. The third-order valence-electron chi connectivity index (χ3n) is 3.98. The molecule has 0 aromatic heterocycles. The van der Waals surface area contributed by atoms with Gasteiger partial charge in [-0.3, -0.25) is 9.79 Å². The Kier molecular flexibility index (Phi) is 13.7. The number of halogens is 1. The Morgan fingerprint density at radius 1 is 1.19 bits per heavy atom. The summed E-state index contributed by atoms with van der Waals surface area (Å²) < 4.78 is 0. The predicted octanol–water partition coefficient (Wildman–Crippen LogP) is 3.81. The fourth-order valence-corrected chi connectivity index (χ4v) is 2.52. The zero-order valence-electron chi connectivity index (χ0n) is 16.3. The van der Waals surface area contributed by atoms with Crippen molar-refractivity contribution in [3.63, 3.8) is 0 Å². The van der Waals surface area contributed by atoms with Gasteiger partial charge in [-0.1, -0.05) is 24.6 Å². The minimum atomic E-state index is -0.0333. The number of aliphatic imine (C=N–C) groups is 1. The summed E-state index contributed by atoms with van der Waals surface area (Å²) in [5.41, 5.74) is 1.81. The Hall–Kier alpha value is -1.57. The number of nitrogens with zero attached hydrogens (tertiary/aromatic N) is 2. The molecule has 0 atom stereocenters. The van der Waals surface area contributed by atoms with Crippen LogP contribution in [0.1, 0.15) is 48.5 Å². The van der Waals surface area contributed by atoms with E-state index in [1.54, 1.807) is 7.05 Å². The number of hydrogen-bond acceptors (Lipinski definition) is 2.